The van der Waals surface area contributed by atoms with Crippen LogP contribution < -0.4 is 11.1 Å². The smallest absolute Gasteiger partial charge is 0.253 e. The molecule has 0 saturated carbocycles. The minimum atomic E-state index is -0.194. The number of para-hydroxylation sites is 1. The third-order valence-corrected chi connectivity index (χ3v) is 2.89. The van der Waals surface area contributed by atoms with Gasteiger partial charge in [0.2, 0.25) is 0 Å². The Hall–Kier alpha value is -2.23. The monoisotopic (exact) mass is 244 g/mol. The highest BCUT2D eigenvalue weighted by Gasteiger charge is 2.15. The molecule has 0 bridgehead atoms. The van der Waals surface area contributed by atoms with Crippen molar-refractivity contribution in [2.45, 2.75) is 19.9 Å². The van der Waals surface area contributed by atoms with Crippen LogP contribution in [0.25, 0.3) is 0 Å². The van der Waals surface area contributed by atoms with E-state index in [0.29, 0.717) is 11.3 Å². The lowest BCUT2D eigenvalue weighted by Crippen LogP contribution is -2.27. The largest absolute Gasteiger partial charge is 0.467 e. The maximum absolute atomic E-state index is 12.1. The normalized spacial score (nSPS) is 12.1. The summed E-state index contributed by atoms with van der Waals surface area (Å²) in [6.07, 6.45) is 1.58. The van der Waals surface area contributed by atoms with E-state index in [2.05, 4.69) is 5.32 Å². The lowest BCUT2D eigenvalue weighted by Gasteiger charge is -2.13. The zero-order valence-electron chi connectivity index (χ0n) is 10.4. The number of nitrogen functional groups attached to an aromatic ring is 1. The van der Waals surface area contributed by atoms with Gasteiger partial charge >= 0.3 is 0 Å². The molecule has 1 amide bonds. The predicted octanol–water partition coefficient (Wildman–Crippen LogP) is 2.66. The summed E-state index contributed by atoms with van der Waals surface area (Å²) in [6, 6.07) is 8.84. The highest BCUT2D eigenvalue weighted by atomic mass is 16.3. The molecule has 0 fully saturated rings. The van der Waals surface area contributed by atoms with Crippen molar-refractivity contribution in [3.63, 3.8) is 0 Å². The van der Waals surface area contributed by atoms with Gasteiger partial charge in [0.15, 0.2) is 0 Å². The topological polar surface area (TPSA) is 68.3 Å². The summed E-state index contributed by atoms with van der Waals surface area (Å²) in [5.74, 6) is 0.523. The number of furan rings is 1. The molecule has 94 valence electrons. The van der Waals surface area contributed by atoms with Crippen molar-refractivity contribution in [3.8, 4) is 0 Å². The fourth-order valence-electron chi connectivity index (χ4n) is 1.76. The maximum Gasteiger partial charge on any atom is 0.253 e. The van der Waals surface area contributed by atoms with Gasteiger partial charge in [0.1, 0.15) is 5.76 Å². The first-order valence-electron chi connectivity index (χ1n) is 5.79. The Morgan fingerprint density at radius 1 is 1.33 bits per heavy atom. The summed E-state index contributed by atoms with van der Waals surface area (Å²) in [5, 5.41) is 2.85. The van der Waals surface area contributed by atoms with Gasteiger partial charge in [0.05, 0.1) is 17.9 Å². The molecule has 0 aliphatic carbocycles. The average molecular weight is 244 g/mol. The third kappa shape index (κ3) is 2.37. The Morgan fingerprint density at radius 2 is 2.11 bits per heavy atom. The van der Waals surface area contributed by atoms with Gasteiger partial charge in [0.25, 0.3) is 5.91 Å². The maximum atomic E-state index is 12.1. The van der Waals surface area contributed by atoms with Crippen LogP contribution in [0.2, 0.25) is 0 Å². The van der Waals surface area contributed by atoms with Gasteiger partial charge in [-0.1, -0.05) is 12.1 Å². The SMILES string of the molecule is Cc1cccc(C(=O)NC(C)c2ccco2)c1N. The Labute approximate surface area is 106 Å². The van der Waals surface area contributed by atoms with Gasteiger partial charge in [0, 0.05) is 5.69 Å². The molecular formula is C14H16N2O2. The van der Waals surface area contributed by atoms with Crippen LogP contribution in [0.5, 0.6) is 0 Å². The molecule has 3 N–H and O–H groups in total. The van der Waals surface area contributed by atoms with Gasteiger partial charge < -0.3 is 15.5 Å². The number of amides is 1. The highest BCUT2D eigenvalue weighted by molar-refractivity contribution is 5.99. The number of carbonyl (C=O) groups excluding carboxylic acids is 1. The summed E-state index contributed by atoms with van der Waals surface area (Å²) < 4.78 is 5.24. The van der Waals surface area contributed by atoms with Crippen LogP contribution in [-0.2, 0) is 0 Å². The fraction of sp³-hybridized carbons (Fsp3) is 0.214. The van der Waals surface area contributed by atoms with Gasteiger partial charge in [-0.05, 0) is 37.6 Å². The van der Waals surface area contributed by atoms with E-state index in [1.165, 1.54) is 0 Å². The lowest BCUT2D eigenvalue weighted by atomic mass is 10.1. The van der Waals surface area contributed by atoms with Gasteiger partial charge in [-0.3, -0.25) is 4.79 Å². The summed E-state index contributed by atoms with van der Waals surface area (Å²) in [5.41, 5.74) is 7.80. The van der Waals surface area contributed by atoms with Crippen LogP contribution in [0.4, 0.5) is 5.69 Å². The van der Waals surface area contributed by atoms with Crippen molar-refractivity contribution >= 4 is 11.6 Å². The number of hydrogen-bond acceptors (Lipinski definition) is 3. The van der Waals surface area contributed by atoms with Crippen molar-refractivity contribution in [1.29, 1.82) is 0 Å². The van der Waals surface area contributed by atoms with E-state index >= 15 is 0 Å². The van der Waals surface area contributed by atoms with Crippen LogP contribution >= 0.6 is 0 Å². The van der Waals surface area contributed by atoms with E-state index in [-0.39, 0.29) is 11.9 Å². The second kappa shape index (κ2) is 4.96. The van der Waals surface area contributed by atoms with Gasteiger partial charge in [-0.2, -0.15) is 0 Å². The molecule has 18 heavy (non-hydrogen) atoms. The number of anilines is 1. The molecule has 1 aromatic heterocycles. The Bertz CT molecular complexity index is 547. The summed E-state index contributed by atoms with van der Waals surface area (Å²) >= 11 is 0. The molecule has 1 heterocycles. The molecule has 0 aliphatic rings. The molecule has 1 unspecified atom stereocenters. The van der Waals surface area contributed by atoms with Crippen LogP contribution in [0.1, 0.15) is 34.6 Å². The number of rotatable bonds is 3. The molecule has 1 atom stereocenters. The summed E-state index contributed by atoms with van der Waals surface area (Å²) in [4.78, 5) is 12.1. The second-order valence-electron chi connectivity index (χ2n) is 4.25. The van der Waals surface area contributed by atoms with E-state index in [1.807, 2.05) is 32.0 Å². The molecule has 0 radical (unpaired) electrons. The average Bonchev–Trinajstić information content (AvgIpc) is 2.86. The summed E-state index contributed by atoms with van der Waals surface area (Å²) in [6.45, 7) is 3.74. The van der Waals surface area contributed by atoms with Crippen molar-refractivity contribution in [1.82, 2.24) is 5.32 Å². The van der Waals surface area contributed by atoms with E-state index < -0.39 is 0 Å². The molecule has 4 nitrogen and oxygen atoms in total. The first-order valence-corrected chi connectivity index (χ1v) is 5.79. The van der Waals surface area contributed by atoms with E-state index in [0.717, 1.165) is 11.3 Å². The lowest BCUT2D eigenvalue weighted by molar-refractivity contribution is 0.0936. The van der Waals surface area contributed by atoms with Gasteiger partial charge in [-0.25, -0.2) is 0 Å². The Balaban J connectivity index is 2.15. The molecular weight excluding hydrogens is 228 g/mol. The number of carbonyl (C=O) groups is 1. The Kier molecular flexibility index (Phi) is 3.37. The van der Waals surface area contributed by atoms with E-state index in [1.54, 1.807) is 18.4 Å². The Morgan fingerprint density at radius 3 is 2.78 bits per heavy atom. The minimum absolute atomic E-state index is 0.188. The third-order valence-electron chi connectivity index (χ3n) is 2.89. The number of nitrogens with one attached hydrogen (secondary N) is 1. The van der Waals surface area contributed by atoms with Crippen molar-refractivity contribution in [2.75, 3.05) is 5.73 Å². The van der Waals surface area contributed by atoms with Crippen molar-refractivity contribution in [3.05, 3.63) is 53.5 Å². The molecule has 2 rings (SSSR count). The molecule has 1 aromatic carbocycles. The minimum Gasteiger partial charge on any atom is -0.467 e. The second-order valence-corrected chi connectivity index (χ2v) is 4.25. The highest BCUT2D eigenvalue weighted by Crippen LogP contribution is 2.18. The van der Waals surface area contributed by atoms with Crippen LogP contribution in [0.15, 0.2) is 41.0 Å². The molecule has 4 heteroatoms. The number of nitrogens with two attached hydrogens (primary N) is 1. The van der Waals surface area contributed by atoms with E-state index in [9.17, 15) is 4.79 Å². The number of benzene rings is 1. The standard InChI is InChI=1S/C14H16N2O2/c1-9-5-3-6-11(13(9)15)14(17)16-10(2)12-7-4-8-18-12/h3-8,10H,15H2,1-2H3,(H,16,17). The zero-order valence-corrected chi connectivity index (χ0v) is 10.4. The first kappa shape index (κ1) is 12.2. The predicted molar refractivity (Wildman–Crippen MR) is 70.2 cm³/mol. The summed E-state index contributed by atoms with van der Waals surface area (Å²) in [7, 11) is 0. The van der Waals surface area contributed by atoms with Crippen LogP contribution in [0, 0.1) is 6.92 Å². The van der Waals surface area contributed by atoms with Crippen molar-refractivity contribution in [2.24, 2.45) is 0 Å². The molecule has 0 aliphatic heterocycles. The van der Waals surface area contributed by atoms with Gasteiger partial charge in [-0.15, -0.1) is 0 Å². The van der Waals surface area contributed by atoms with Crippen LogP contribution in [0.3, 0.4) is 0 Å². The number of aryl methyl sites for hydroxylation is 1. The molecule has 0 saturated heterocycles. The van der Waals surface area contributed by atoms with E-state index in [4.69, 9.17) is 10.2 Å². The van der Waals surface area contributed by atoms with Crippen LogP contribution in [-0.4, -0.2) is 5.91 Å². The molecule has 0 spiro atoms. The zero-order chi connectivity index (χ0) is 13.1. The first-order chi connectivity index (χ1) is 8.59. The number of hydrogen-bond donors (Lipinski definition) is 2. The fourth-order valence-corrected chi connectivity index (χ4v) is 1.76. The molecule has 2 aromatic rings. The van der Waals surface area contributed by atoms with Crippen molar-refractivity contribution < 1.29 is 9.21 Å². The quantitative estimate of drug-likeness (QED) is 0.815.